The third kappa shape index (κ3) is 4.32. The molecule has 2 amide bonds. The van der Waals surface area contributed by atoms with Crippen LogP contribution in [0.5, 0.6) is 5.75 Å². The number of aromatic nitrogens is 2. The summed E-state index contributed by atoms with van der Waals surface area (Å²) >= 11 is 1.64. The Bertz CT molecular complexity index is 999. The predicted molar refractivity (Wildman–Crippen MR) is 112 cm³/mol. The molecule has 1 aromatic carbocycles. The standard InChI is InChI=1S/C21H22N4O3S/c1-28-18-4-2-3-17(12-18)25-13-16(11-20(25)26)21(27)22-7-9-24-8-5-19(23-24)15-6-10-29-14-15/h2-6,8,10,12,14,16H,7,9,11,13H2,1H3,(H,22,27). The summed E-state index contributed by atoms with van der Waals surface area (Å²) in [5.41, 5.74) is 2.77. The number of rotatable bonds is 7. The Morgan fingerprint density at radius 3 is 3.03 bits per heavy atom. The maximum absolute atomic E-state index is 12.5. The Morgan fingerprint density at radius 1 is 1.34 bits per heavy atom. The van der Waals surface area contributed by atoms with Crippen molar-refractivity contribution in [3.05, 3.63) is 53.4 Å². The molecule has 4 rings (SSSR count). The van der Waals surface area contributed by atoms with Crippen molar-refractivity contribution in [1.82, 2.24) is 15.1 Å². The maximum Gasteiger partial charge on any atom is 0.227 e. The number of methoxy groups -OCH3 is 1. The van der Waals surface area contributed by atoms with E-state index in [1.54, 1.807) is 29.4 Å². The number of thiophene rings is 1. The van der Waals surface area contributed by atoms with Gasteiger partial charge in [-0.15, -0.1) is 0 Å². The zero-order chi connectivity index (χ0) is 20.2. The molecule has 3 aromatic rings. The normalized spacial score (nSPS) is 16.2. The summed E-state index contributed by atoms with van der Waals surface area (Å²) in [4.78, 5) is 26.6. The molecule has 1 saturated heterocycles. The second-order valence-electron chi connectivity index (χ2n) is 6.87. The van der Waals surface area contributed by atoms with Crippen LogP contribution in [0.15, 0.2) is 53.4 Å². The molecule has 1 N–H and O–H groups in total. The molecule has 3 heterocycles. The summed E-state index contributed by atoms with van der Waals surface area (Å²) in [6.07, 6.45) is 2.12. The van der Waals surface area contributed by atoms with Gasteiger partial charge in [-0.1, -0.05) is 6.07 Å². The summed E-state index contributed by atoms with van der Waals surface area (Å²) in [6.45, 7) is 1.42. The maximum atomic E-state index is 12.5. The molecule has 0 saturated carbocycles. The molecule has 0 bridgehead atoms. The SMILES string of the molecule is COc1cccc(N2CC(C(=O)NCCn3ccc(-c4ccsc4)n3)CC2=O)c1. The zero-order valence-electron chi connectivity index (χ0n) is 16.1. The number of nitrogens with one attached hydrogen (secondary N) is 1. The Balaban J connectivity index is 1.29. The Labute approximate surface area is 172 Å². The number of nitrogens with zero attached hydrogens (tertiary/aromatic N) is 3. The molecule has 29 heavy (non-hydrogen) atoms. The van der Waals surface area contributed by atoms with Gasteiger partial charge in [0, 0.05) is 48.4 Å². The van der Waals surface area contributed by atoms with E-state index in [9.17, 15) is 9.59 Å². The molecule has 1 atom stereocenters. The van der Waals surface area contributed by atoms with E-state index >= 15 is 0 Å². The van der Waals surface area contributed by atoms with Crippen LogP contribution in [0.2, 0.25) is 0 Å². The van der Waals surface area contributed by atoms with Crippen LogP contribution in [-0.2, 0) is 16.1 Å². The molecule has 150 valence electrons. The fourth-order valence-electron chi connectivity index (χ4n) is 3.40. The van der Waals surface area contributed by atoms with Crippen LogP contribution in [0, 0.1) is 5.92 Å². The molecule has 8 heteroatoms. The zero-order valence-corrected chi connectivity index (χ0v) is 16.9. The highest BCUT2D eigenvalue weighted by molar-refractivity contribution is 7.08. The van der Waals surface area contributed by atoms with Gasteiger partial charge in [-0.05, 0) is 29.6 Å². The lowest BCUT2D eigenvalue weighted by molar-refractivity contribution is -0.126. The van der Waals surface area contributed by atoms with E-state index in [-0.39, 0.29) is 24.2 Å². The van der Waals surface area contributed by atoms with Gasteiger partial charge >= 0.3 is 0 Å². The van der Waals surface area contributed by atoms with Crippen molar-refractivity contribution in [3.8, 4) is 17.0 Å². The third-order valence-electron chi connectivity index (χ3n) is 4.96. The van der Waals surface area contributed by atoms with Gasteiger partial charge < -0.3 is 15.0 Å². The van der Waals surface area contributed by atoms with Crippen LogP contribution in [0.4, 0.5) is 5.69 Å². The molecular weight excluding hydrogens is 388 g/mol. The summed E-state index contributed by atoms with van der Waals surface area (Å²) in [5, 5.41) is 11.5. The fraction of sp³-hybridized carbons (Fsp3) is 0.286. The first-order valence-electron chi connectivity index (χ1n) is 9.42. The number of anilines is 1. The van der Waals surface area contributed by atoms with E-state index in [2.05, 4.69) is 15.8 Å². The first-order chi connectivity index (χ1) is 14.1. The molecule has 0 radical (unpaired) electrons. The van der Waals surface area contributed by atoms with E-state index in [0.717, 1.165) is 16.9 Å². The third-order valence-corrected chi connectivity index (χ3v) is 5.64. The van der Waals surface area contributed by atoms with Gasteiger partial charge in [0.1, 0.15) is 5.75 Å². The lowest BCUT2D eigenvalue weighted by atomic mass is 10.1. The van der Waals surface area contributed by atoms with Crippen LogP contribution in [0.3, 0.4) is 0 Å². The highest BCUT2D eigenvalue weighted by atomic mass is 32.1. The molecule has 1 aliphatic heterocycles. The minimum atomic E-state index is -0.354. The highest BCUT2D eigenvalue weighted by Gasteiger charge is 2.35. The first kappa shape index (κ1) is 19.2. The molecule has 1 aliphatic rings. The second kappa shape index (κ2) is 8.48. The van der Waals surface area contributed by atoms with Crippen molar-refractivity contribution >= 4 is 28.8 Å². The first-order valence-corrected chi connectivity index (χ1v) is 10.4. The molecule has 7 nitrogen and oxygen atoms in total. The van der Waals surface area contributed by atoms with Gasteiger partial charge in [-0.2, -0.15) is 16.4 Å². The van der Waals surface area contributed by atoms with Gasteiger partial charge in [0.05, 0.1) is 25.3 Å². The second-order valence-corrected chi connectivity index (χ2v) is 7.65. The average Bonchev–Trinajstić information content (AvgIpc) is 3.48. The van der Waals surface area contributed by atoms with Gasteiger partial charge in [-0.3, -0.25) is 14.3 Å². The van der Waals surface area contributed by atoms with Crippen molar-refractivity contribution in [1.29, 1.82) is 0 Å². The number of benzene rings is 1. The van der Waals surface area contributed by atoms with Gasteiger partial charge in [0.15, 0.2) is 0 Å². The Kier molecular flexibility index (Phi) is 5.62. The monoisotopic (exact) mass is 410 g/mol. The summed E-state index contributed by atoms with van der Waals surface area (Å²) < 4.78 is 7.03. The summed E-state index contributed by atoms with van der Waals surface area (Å²) in [5.74, 6) is 0.178. The van der Waals surface area contributed by atoms with E-state index in [1.165, 1.54) is 0 Å². The Morgan fingerprint density at radius 2 is 2.24 bits per heavy atom. The number of carbonyl (C=O) groups is 2. The molecule has 0 spiro atoms. The van der Waals surface area contributed by atoms with Crippen molar-refractivity contribution in [2.45, 2.75) is 13.0 Å². The minimum Gasteiger partial charge on any atom is -0.497 e. The largest absolute Gasteiger partial charge is 0.497 e. The quantitative estimate of drug-likeness (QED) is 0.650. The van der Waals surface area contributed by atoms with E-state index in [1.807, 2.05) is 46.6 Å². The predicted octanol–water partition coefficient (Wildman–Crippen LogP) is 2.79. The number of carbonyl (C=O) groups excluding carboxylic acids is 2. The number of hydrogen-bond acceptors (Lipinski definition) is 5. The van der Waals surface area contributed by atoms with Crippen molar-refractivity contribution in [3.63, 3.8) is 0 Å². The molecule has 1 fully saturated rings. The minimum absolute atomic E-state index is 0.0501. The van der Waals surface area contributed by atoms with Crippen LogP contribution in [-0.4, -0.2) is 41.8 Å². The van der Waals surface area contributed by atoms with Gasteiger partial charge in [-0.25, -0.2) is 0 Å². The average molecular weight is 410 g/mol. The smallest absolute Gasteiger partial charge is 0.227 e. The molecule has 0 aliphatic carbocycles. The van der Waals surface area contributed by atoms with Crippen molar-refractivity contribution < 1.29 is 14.3 Å². The number of hydrogen-bond donors (Lipinski definition) is 1. The van der Waals surface area contributed by atoms with Crippen LogP contribution in [0.1, 0.15) is 6.42 Å². The van der Waals surface area contributed by atoms with Gasteiger partial charge in [0.25, 0.3) is 0 Å². The number of ether oxygens (including phenoxy) is 1. The van der Waals surface area contributed by atoms with E-state index in [4.69, 9.17) is 4.74 Å². The lowest BCUT2D eigenvalue weighted by Crippen LogP contribution is -2.34. The lowest BCUT2D eigenvalue weighted by Gasteiger charge is -2.17. The highest BCUT2D eigenvalue weighted by Crippen LogP contribution is 2.28. The topological polar surface area (TPSA) is 76.5 Å². The summed E-state index contributed by atoms with van der Waals surface area (Å²) in [7, 11) is 1.59. The Hall–Kier alpha value is -3.13. The van der Waals surface area contributed by atoms with E-state index in [0.29, 0.717) is 25.4 Å². The number of amides is 2. The fourth-order valence-corrected chi connectivity index (χ4v) is 4.05. The molecule has 2 aromatic heterocycles. The van der Waals surface area contributed by atoms with Crippen LogP contribution >= 0.6 is 11.3 Å². The van der Waals surface area contributed by atoms with Crippen molar-refractivity contribution in [2.24, 2.45) is 5.92 Å². The van der Waals surface area contributed by atoms with E-state index < -0.39 is 0 Å². The van der Waals surface area contributed by atoms with Crippen LogP contribution < -0.4 is 15.0 Å². The molecular formula is C21H22N4O3S. The molecule has 1 unspecified atom stereocenters. The van der Waals surface area contributed by atoms with Crippen LogP contribution in [0.25, 0.3) is 11.3 Å². The summed E-state index contributed by atoms with van der Waals surface area (Å²) in [6, 6.07) is 11.3. The van der Waals surface area contributed by atoms with Crippen molar-refractivity contribution in [2.75, 3.05) is 25.1 Å². The van der Waals surface area contributed by atoms with Gasteiger partial charge in [0.2, 0.25) is 11.8 Å².